The summed E-state index contributed by atoms with van der Waals surface area (Å²) in [4.78, 5) is 25.1. The number of carbonyl (C=O) groups is 2. The Bertz CT molecular complexity index is 884. The molecule has 142 valence electrons. The second-order valence-electron chi connectivity index (χ2n) is 6.68. The van der Waals surface area contributed by atoms with Gasteiger partial charge in [-0.2, -0.15) is 0 Å². The number of ketones is 2. The van der Waals surface area contributed by atoms with Gasteiger partial charge in [-0.05, 0) is 99.5 Å². The minimum atomic E-state index is 0.0748. The summed E-state index contributed by atoms with van der Waals surface area (Å²) in [5.74, 6) is 0.150. The highest BCUT2D eigenvalue weighted by Crippen LogP contribution is 2.15. The number of aryl methyl sites for hydroxylation is 2. The molecule has 0 N–H and O–H groups in total. The fourth-order valence-corrected chi connectivity index (χ4v) is 3.69. The first-order valence-corrected chi connectivity index (χ1v) is 11.3. The van der Waals surface area contributed by atoms with Crippen molar-refractivity contribution in [2.75, 3.05) is 0 Å². The number of benzene rings is 3. The van der Waals surface area contributed by atoms with Gasteiger partial charge in [-0.15, -0.1) is 0 Å². The Kier molecular flexibility index (Phi) is 7.79. The molecule has 4 heteroatoms. The van der Waals surface area contributed by atoms with Gasteiger partial charge >= 0.3 is 0 Å². The van der Waals surface area contributed by atoms with Crippen LogP contribution >= 0.6 is 45.2 Å². The van der Waals surface area contributed by atoms with Gasteiger partial charge in [0.1, 0.15) is 0 Å². The van der Waals surface area contributed by atoms with Gasteiger partial charge in [-0.25, -0.2) is 0 Å². The van der Waals surface area contributed by atoms with Crippen LogP contribution < -0.4 is 0 Å². The third-order valence-electron chi connectivity index (χ3n) is 4.61. The van der Waals surface area contributed by atoms with E-state index in [1.807, 2.05) is 24.3 Å². The maximum Gasteiger partial charge on any atom is 0.163 e. The first-order chi connectivity index (χ1) is 13.5. The van der Waals surface area contributed by atoms with Crippen molar-refractivity contribution in [1.82, 2.24) is 0 Å². The fourth-order valence-electron chi connectivity index (χ4n) is 2.97. The van der Waals surface area contributed by atoms with Crippen molar-refractivity contribution in [3.05, 3.63) is 102 Å². The molecule has 3 aromatic rings. The first-order valence-electron chi connectivity index (χ1n) is 9.16. The van der Waals surface area contributed by atoms with Crippen LogP contribution in [0.25, 0.3) is 0 Å². The molecule has 0 aliphatic carbocycles. The van der Waals surface area contributed by atoms with E-state index in [9.17, 15) is 9.59 Å². The van der Waals surface area contributed by atoms with Gasteiger partial charge in [0.15, 0.2) is 11.6 Å². The molecule has 3 aromatic carbocycles. The summed E-state index contributed by atoms with van der Waals surface area (Å²) < 4.78 is 2.37. The van der Waals surface area contributed by atoms with Crippen molar-refractivity contribution < 1.29 is 9.59 Å². The van der Waals surface area contributed by atoms with Crippen LogP contribution in [0.1, 0.15) is 44.7 Å². The van der Waals surface area contributed by atoms with Gasteiger partial charge in [-0.3, -0.25) is 9.59 Å². The predicted molar refractivity (Wildman–Crippen MR) is 130 cm³/mol. The van der Waals surface area contributed by atoms with E-state index in [1.165, 1.54) is 7.14 Å². The molecule has 0 amide bonds. The summed E-state index contributed by atoms with van der Waals surface area (Å²) in [5, 5.41) is 0. The zero-order valence-electron chi connectivity index (χ0n) is 15.3. The molecule has 0 unspecified atom stereocenters. The van der Waals surface area contributed by atoms with Crippen LogP contribution in [0, 0.1) is 7.14 Å². The lowest BCUT2D eigenvalue weighted by atomic mass is 9.98. The van der Waals surface area contributed by atoms with Gasteiger partial charge in [0.25, 0.3) is 0 Å². The minimum Gasteiger partial charge on any atom is -0.294 e. The maximum atomic E-state index is 12.6. The molecule has 0 bridgehead atoms. The van der Waals surface area contributed by atoms with Crippen LogP contribution in [0.2, 0.25) is 0 Å². The lowest BCUT2D eigenvalue weighted by Crippen LogP contribution is -2.05. The van der Waals surface area contributed by atoms with Crippen LogP contribution in [0.4, 0.5) is 0 Å². The minimum absolute atomic E-state index is 0.0748. The van der Waals surface area contributed by atoms with Crippen molar-refractivity contribution in [3.8, 4) is 0 Å². The molecule has 0 radical (unpaired) electrons. The molecule has 0 atom stereocenters. The molecule has 0 heterocycles. The molecule has 0 saturated heterocycles. The molecule has 0 spiro atoms. The summed E-state index contributed by atoms with van der Waals surface area (Å²) in [6.45, 7) is 0. The average Bonchev–Trinajstić information content (AvgIpc) is 2.72. The summed E-state index contributed by atoms with van der Waals surface area (Å²) in [5.41, 5.74) is 3.54. The molecular formula is C24H20I2O2. The van der Waals surface area contributed by atoms with Crippen LogP contribution in [0.5, 0.6) is 0 Å². The van der Waals surface area contributed by atoms with Crippen molar-refractivity contribution in [1.29, 1.82) is 0 Å². The molecule has 28 heavy (non-hydrogen) atoms. The maximum absolute atomic E-state index is 12.6. The van der Waals surface area contributed by atoms with Gasteiger partial charge in [-0.1, -0.05) is 42.5 Å². The highest BCUT2D eigenvalue weighted by molar-refractivity contribution is 14.1. The SMILES string of the molecule is O=C(CCc1ccc(I)cc1)c1cccc(C(=O)CCc2ccc(I)cc2)c1. The molecule has 0 fully saturated rings. The van der Waals surface area contributed by atoms with Crippen LogP contribution in [0.15, 0.2) is 72.8 Å². The van der Waals surface area contributed by atoms with E-state index in [-0.39, 0.29) is 11.6 Å². The Morgan fingerprint density at radius 1 is 0.607 bits per heavy atom. The van der Waals surface area contributed by atoms with E-state index in [4.69, 9.17) is 0 Å². The highest BCUT2D eigenvalue weighted by Gasteiger charge is 2.11. The van der Waals surface area contributed by atoms with Crippen molar-refractivity contribution >= 4 is 56.7 Å². The van der Waals surface area contributed by atoms with Gasteiger partial charge in [0.2, 0.25) is 0 Å². The lowest BCUT2D eigenvalue weighted by molar-refractivity contribution is 0.0982. The number of halogens is 2. The average molecular weight is 594 g/mol. The number of hydrogen-bond donors (Lipinski definition) is 0. The Morgan fingerprint density at radius 3 is 1.39 bits per heavy atom. The summed E-state index contributed by atoms with van der Waals surface area (Å²) >= 11 is 4.54. The number of carbonyl (C=O) groups excluding carboxylic acids is 2. The van der Waals surface area contributed by atoms with E-state index in [0.717, 1.165) is 11.1 Å². The van der Waals surface area contributed by atoms with Crippen molar-refractivity contribution in [2.24, 2.45) is 0 Å². The zero-order valence-corrected chi connectivity index (χ0v) is 19.6. The van der Waals surface area contributed by atoms with E-state index >= 15 is 0 Å². The molecule has 2 nitrogen and oxygen atoms in total. The number of rotatable bonds is 8. The predicted octanol–water partition coefficient (Wildman–Crippen LogP) is 6.53. The molecule has 0 aliphatic rings. The molecule has 0 saturated carbocycles. The van der Waals surface area contributed by atoms with E-state index in [1.54, 1.807) is 24.3 Å². The van der Waals surface area contributed by atoms with E-state index in [0.29, 0.717) is 36.8 Å². The normalized spacial score (nSPS) is 10.6. The monoisotopic (exact) mass is 594 g/mol. The van der Waals surface area contributed by atoms with Gasteiger partial charge < -0.3 is 0 Å². The van der Waals surface area contributed by atoms with Crippen molar-refractivity contribution in [2.45, 2.75) is 25.7 Å². The Balaban J connectivity index is 1.58. The lowest BCUT2D eigenvalue weighted by Gasteiger charge is -2.06. The van der Waals surface area contributed by atoms with Crippen molar-refractivity contribution in [3.63, 3.8) is 0 Å². The van der Waals surface area contributed by atoms with Gasteiger partial charge in [0, 0.05) is 31.1 Å². The first kappa shape index (κ1) is 21.2. The Hall–Kier alpha value is -1.54. The van der Waals surface area contributed by atoms with Crippen LogP contribution in [-0.2, 0) is 12.8 Å². The second kappa shape index (κ2) is 10.3. The van der Waals surface area contributed by atoms with E-state index in [2.05, 4.69) is 69.4 Å². The Morgan fingerprint density at radius 2 is 1.00 bits per heavy atom. The fraction of sp³-hybridized carbons (Fsp3) is 0.167. The quantitative estimate of drug-likeness (QED) is 0.220. The van der Waals surface area contributed by atoms with Crippen LogP contribution in [-0.4, -0.2) is 11.6 Å². The standard InChI is InChI=1S/C24H20I2O2/c25-21-10-4-17(5-11-21)8-14-23(27)19-2-1-3-20(16-19)24(28)15-9-18-6-12-22(26)13-7-18/h1-7,10-13,16H,8-9,14-15H2. The third kappa shape index (κ3) is 6.24. The molecule has 0 aromatic heterocycles. The second-order valence-corrected chi connectivity index (χ2v) is 9.17. The number of Topliss-reactive ketones (excluding diaryl/α,β-unsaturated/α-hetero) is 2. The third-order valence-corrected chi connectivity index (χ3v) is 6.05. The topological polar surface area (TPSA) is 34.1 Å². The van der Waals surface area contributed by atoms with E-state index < -0.39 is 0 Å². The smallest absolute Gasteiger partial charge is 0.163 e. The Labute approximate surface area is 193 Å². The summed E-state index contributed by atoms with van der Waals surface area (Å²) in [6.07, 6.45) is 2.31. The number of hydrogen-bond acceptors (Lipinski definition) is 2. The zero-order chi connectivity index (χ0) is 19.9. The molecular weight excluding hydrogens is 574 g/mol. The molecule has 0 aliphatic heterocycles. The van der Waals surface area contributed by atoms with Crippen LogP contribution in [0.3, 0.4) is 0 Å². The summed E-state index contributed by atoms with van der Waals surface area (Å²) in [7, 11) is 0. The van der Waals surface area contributed by atoms with Gasteiger partial charge in [0.05, 0.1) is 0 Å². The highest BCUT2D eigenvalue weighted by atomic mass is 127. The molecule has 3 rings (SSSR count). The summed E-state index contributed by atoms with van der Waals surface area (Å²) in [6, 6.07) is 23.6. The largest absolute Gasteiger partial charge is 0.294 e.